The smallest absolute Gasteiger partial charge is 0.238 e. The molecule has 1 atom stereocenters. The van der Waals surface area contributed by atoms with Crippen molar-refractivity contribution in [2.24, 2.45) is 5.73 Å². The van der Waals surface area contributed by atoms with Crippen LogP contribution in [0.3, 0.4) is 0 Å². The van der Waals surface area contributed by atoms with Gasteiger partial charge in [0, 0.05) is 15.5 Å². The van der Waals surface area contributed by atoms with Crippen molar-refractivity contribution in [2.75, 3.05) is 11.9 Å². The normalized spacial score (nSPS) is 11.4. The maximum atomic E-state index is 12.4. The number of carbonyl (C=O) groups is 1. The zero-order valence-corrected chi connectivity index (χ0v) is 11.9. The first kappa shape index (κ1) is 14.9. The van der Waals surface area contributed by atoms with Gasteiger partial charge in [0.15, 0.2) is 0 Å². The van der Waals surface area contributed by atoms with Gasteiger partial charge < -0.3 is 11.1 Å². The van der Waals surface area contributed by atoms with Crippen LogP contribution in [0.5, 0.6) is 0 Å². The van der Waals surface area contributed by atoms with Gasteiger partial charge in [-0.05, 0) is 48.5 Å². The van der Waals surface area contributed by atoms with Crippen LogP contribution in [0.25, 0.3) is 0 Å². The van der Waals surface area contributed by atoms with E-state index in [1.165, 1.54) is 0 Å². The number of nitrogens with two attached hydrogens (primary N) is 1. The van der Waals surface area contributed by atoms with E-state index < -0.39 is 10.8 Å². The molecule has 106 valence electrons. The third-order valence-electron chi connectivity index (χ3n) is 2.74. The number of benzene rings is 2. The Morgan fingerprint density at radius 1 is 1.10 bits per heavy atom. The van der Waals surface area contributed by atoms with Gasteiger partial charge in [0.2, 0.25) is 5.91 Å². The first-order valence-corrected chi connectivity index (χ1v) is 7.31. The van der Waals surface area contributed by atoms with Crippen molar-refractivity contribution in [3.63, 3.8) is 0 Å². The lowest BCUT2D eigenvalue weighted by Gasteiger charge is -2.06. The second-order valence-corrected chi connectivity index (χ2v) is 5.66. The Morgan fingerprint density at radius 3 is 2.10 bits per heavy atom. The van der Waals surface area contributed by atoms with E-state index in [0.717, 1.165) is 0 Å². The van der Waals surface area contributed by atoms with Gasteiger partial charge in [-0.15, -0.1) is 0 Å². The molecule has 0 heterocycles. The molecule has 5 nitrogen and oxygen atoms in total. The third-order valence-corrected chi connectivity index (χ3v) is 4.14. The van der Waals surface area contributed by atoms with E-state index in [1.54, 1.807) is 48.5 Å². The zero-order valence-electron chi connectivity index (χ0n) is 11.1. The zero-order chi connectivity index (χ0) is 15.2. The van der Waals surface area contributed by atoms with E-state index in [0.29, 0.717) is 21.0 Å². The van der Waals surface area contributed by atoms with Gasteiger partial charge in [0.1, 0.15) is 0 Å². The molecule has 0 aliphatic heterocycles. The molecule has 0 aliphatic rings. The topological polar surface area (TPSA) is 96.0 Å². The summed E-state index contributed by atoms with van der Waals surface area (Å²) in [6.07, 6.45) is 0. The molecule has 0 saturated carbocycles. The second kappa shape index (κ2) is 6.79. The van der Waals surface area contributed by atoms with Crippen molar-refractivity contribution >= 4 is 22.4 Å². The van der Waals surface area contributed by atoms with Crippen LogP contribution in [0.4, 0.5) is 5.69 Å². The molecule has 0 bridgehead atoms. The quantitative estimate of drug-likeness (QED) is 0.896. The van der Waals surface area contributed by atoms with Gasteiger partial charge >= 0.3 is 0 Å². The SMILES string of the molecule is N#Cc1ccc(S(=O)c2ccc(NC(=O)CN)cc2)cc1. The van der Waals surface area contributed by atoms with E-state index in [4.69, 9.17) is 11.0 Å². The summed E-state index contributed by atoms with van der Waals surface area (Å²) in [5.41, 5.74) is 6.34. The lowest BCUT2D eigenvalue weighted by molar-refractivity contribution is -0.114. The number of amides is 1. The molecule has 2 rings (SSSR count). The van der Waals surface area contributed by atoms with Gasteiger partial charge in [-0.1, -0.05) is 0 Å². The minimum Gasteiger partial charge on any atom is -0.325 e. The fourth-order valence-corrected chi connectivity index (χ4v) is 2.70. The molecule has 0 fully saturated rings. The molecule has 0 aromatic heterocycles. The molecule has 3 N–H and O–H groups in total. The molecule has 1 amide bonds. The van der Waals surface area contributed by atoms with Gasteiger partial charge in [-0.2, -0.15) is 5.26 Å². The Labute approximate surface area is 124 Å². The highest BCUT2D eigenvalue weighted by Crippen LogP contribution is 2.19. The number of hydrogen-bond acceptors (Lipinski definition) is 4. The number of anilines is 1. The Bertz CT molecular complexity index is 703. The Balaban J connectivity index is 2.15. The first-order valence-electron chi connectivity index (χ1n) is 6.16. The summed E-state index contributed by atoms with van der Waals surface area (Å²) in [5.74, 6) is -0.282. The summed E-state index contributed by atoms with van der Waals surface area (Å²) >= 11 is 0. The summed E-state index contributed by atoms with van der Waals surface area (Å²) in [6.45, 7) is -0.0844. The molecule has 0 aliphatic carbocycles. The monoisotopic (exact) mass is 299 g/mol. The summed E-state index contributed by atoms with van der Waals surface area (Å²) < 4.78 is 12.4. The van der Waals surface area contributed by atoms with Crippen molar-refractivity contribution in [2.45, 2.75) is 9.79 Å². The number of nitrogens with zero attached hydrogens (tertiary/aromatic N) is 1. The number of hydrogen-bond donors (Lipinski definition) is 2. The van der Waals surface area contributed by atoms with Crippen LogP contribution < -0.4 is 11.1 Å². The van der Waals surface area contributed by atoms with Crippen LogP contribution in [0, 0.1) is 11.3 Å². The highest BCUT2D eigenvalue weighted by atomic mass is 32.2. The summed E-state index contributed by atoms with van der Waals surface area (Å²) in [5, 5.41) is 11.4. The van der Waals surface area contributed by atoms with Crippen molar-refractivity contribution in [1.82, 2.24) is 0 Å². The van der Waals surface area contributed by atoms with E-state index in [1.807, 2.05) is 6.07 Å². The molecular weight excluding hydrogens is 286 g/mol. The van der Waals surface area contributed by atoms with Crippen LogP contribution in [-0.4, -0.2) is 16.7 Å². The largest absolute Gasteiger partial charge is 0.325 e. The average molecular weight is 299 g/mol. The van der Waals surface area contributed by atoms with E-state index in [-0.39, 0.29) is 12.5 Å². The van der Waals surface area contributed by atoms with Crippen LogP contribution in [0.2, 0.25) is 0 Å². The second-order valence-electron chi connectivity index (χ2n) is 4.18. The van der Waals surface area contributed by atoms with Crippen LogP contribution >= 0.6 is 0 Å². The molecule has 0 saturated heterocycles. The van der Waals surface area contributed by atoms with E-state index in [9.17, 15) is 9.00 Å². The minimum absolute atomic E-state index is 0.0844. The van der Waals surface area contributed by atoms with Gasteiger partial charge in [-0.3, -0.25) is 4.79 Å². The number of carbonyl (C=O) groups excluding carboxylic acids is 1. The van der Waals surface area contributed by atoms with Crippen molar-refractivity contribution < 1.29 is 9.00 Å². The molecule has 2 aromatic carbocycles. The molecule has 0 spiro atoms. The summed E-state index contributed by atoms with van der Waals surface area (Å²) in [6, 6.07) is 15.3. The van der Waals surface area contributed by atoms with Crippen molar-refractivity contribution in [3.8, 4) is 6.07 Å². The fourth-order valence-electron chi connectivity index (χ4n) is 1.66. The molecule has 2 aromatic rings. The van der Waals surface area contributed by atoms with Crippen LogP contribution in [0.1, 0.15) is 5.56 Å². The molecule has 21 heavy (non-hydrogen) atoms. The van der Waals surface area contributed by atoms with Crippen LogP contribution in [0.15, 0.2) is 58.3 Å². The van der Waals surface area contributed by atoms with Gasteiger partial charge in [-0.25, -0.2) is 4.21 Å². The Hall–Kier alpha value is -2.49. The highest BCUT2D eigenvalue weighted by molar-refractivity contribution is 7.85. The molecular formula is C15H13N3O2S. The van der Waals surface area contributed by atoms with E-state index in [2.05, 4.69) is 5.32 Å². The maximum Gasteiger partial charge on any atom is 0.238 e. The van der Waals surface area contributed by atoms with Crippen molar-refractivity contribution in [3.05, 3.63) is 54.1 Å². The molecule has 0 radical (unpaired) electrons. The summed E-state index contributed by atoms with van der Waals surface area (Å²) in [4.78, 5) is 12.4. The Kier molecular flexibility index (Phi) is 4.82. The van der Waals surface area contributed by atoms with Gasteiger partial charge in [0.25, 0.3) is 0 Å². The van der Waals surface area contributed by atoms with Crippen molar-refractivity contribution in [1.29, 1.82) is 5.26 Å². The standard InChI is InChI=1S/C15H13N3O2S/c16-9-11-1-5-13(6-2-11)21(20)14-7-3-12(4-8-14)18-15(19)10-17/h1-8H,10,17H2,(H,18,19). The Morgan fingerprint density at radius 2 is 1.62 bits per heavy atom. The highest BCUT2D eigenvalue weighted by Gasteiger charge is 2.07. The fraction of sp³-hybridized carbons (Fsp3) is 0.0667. The predicted molar refractivity (Wildman–Crippen MR) is 80.0 cm³/mol. The molecule has 1 unspecified atom stereocenters. The maximum absolute atomic E-state index is 12.4. The van der Waals surface area contributed by atoms with E-state index >= 15 is 0 Å². The lowest BCUT2D eigenvalue weighted by atomic mass is 10.2. The third kappa shape index (κ3) is 3.75. The lowest BCUT2D eigenvalue weighted by Crippen LogP contribution is -2.21. The summed E-state index contributed by atoms with van der Waals surface area (Å²) in [7, 11) is -1.33. The predicted octanol–water partition coefficient (Wildman–Crippen LogP) is 1.62. The molecule has 6 heteroatoms. The van der Waals surface area contributed by atoms with Crippen LogP contribution in [-0.2, 0) is 15.6 Å². The number of nitriles is 1. The average Bonchev–Trinajstić information content (AvgIpc) is 2.55. The minimum atomic E-state index is -1.33. The first-order chi connectivity index (χ1) is 10.1. The number of nitrogens with one attached hydrogen (secondary N) is 1. The van der Waals surface area contributed by atoms with Gasteiger partial charge in [0.05, 0.1) is 29.0 Å². The number of rotatable bonds is 4.